The molecule has 4 aromatic rings. The molecule has 2 aromatic carbocycles. The zero-order chi connectivity index (χ0) is 16.5. The first-order valence-electron chi connectivity index (χ1n) is 7.43. The van der Waals surface area contributed by atoms with Gasteiger partial charge in [-0.3, -0.25) is 4.79 Å². The third-order valence-corrected chi connectivity index (χ3v) is 3.66. The largest absolute Gasteiger partial charge is 0.337 e. The molecule has 0 aliphatic rings. The third kappa shape index (κ3) is 2.56. The number of nitrogens with zero attached hydrogens (tertiary/aromatic N) is 5. The number of hydrogen-bond acceptors (Lipinski definition) is 6. The van der Waals surface area contributed by atoms with Gasteiger partial charge in [-0.2, -0.15) is 4.98 Å². The summed E-state index contributed by atoms with van der Waals surface area (Å²) in [4.78, 5) is 16.8. The van der Waals surface area contributed by atoms with E-state index < -0.39 is 0 Å². The number of benzene rings is 2. The minimum Gasteiger partial charge on any atom is -0.337 e. The van der Waals surface area contributed by atoms with E-state index in [4.69, 9.17) is 4.52 Å². The summed E-state index contributed by atoms with van der Waals surface area (Å²) < 4.78 is 6.46. The molecule has 2 aromatic heterocycles. The molecule has 0 atom stereocenters. The first kappa shape index (κ1) is 14.3. The van der Waals surface area contributed by atoms with Crippen LogP contribution in [-0.2, 0) is 6.54 Å². The summed E-state index contributed by atoms with van der Waals surface area (Å²) in [7, 11) is 0. The highest BCUT2D eigenvalue weighted by Crippen LogP contribution is 2.17. The predicted octanol–water partition coefficient (Wildman–Crippen LogP) is 2.20. The van der Waals surface area contributed by atoms with Crippen LogP contribution in [0.4, 0.5) is 0 Å². The predicted molar refractivity (Wildman–Crippen MR) is 87.4 cm³/mol. The van der Waals surface area contributed by atoms with Gasteiger partial charge in [-0.15, -0.1) is 5.10 Å². The standard InChI is InChI=1S/C17H13N5O2/c1-11-5-4-6-12(9-11)16-18-15(24-20-16)10-22-17(23)13-7-2-3-8-14(13)19-21-22/h2-9H,10H2,1H3. The first-order chi connectivity index (χ1) is 11.7. The lowest BCUT2D eigenvalue weighted by molar-refractivity contribution is 0.361. The minimum absolute atomic E-state index is 0.0789. The van der Waals surface area contributed by atoms with E-state index in [9.17, 15) is 4.79 Å². The van der Waals surface area contributed by atoms with E-state index in [1.807, 2.05) is 37.3 Å². The Hall–Kier alpha value is -3.35. The molecule has 0 fully saturated rings. The zero-order valence-electron chi connectivity index (χ0n) is 12.9. The van der Waals surface area contributed by atoms with Gasteiger partial charge < -0.3 is 4.52 Å². The number of fused-ring (bicyclic) bond motifs is 1. The molecule has 0 aliphatic heterocycles. The SMILES string of the molecule is Cc1cccc(-c2noc(Cn3nnc4ccccc4c3=O)n2)c1. The van der Waals surface area contributed by atoms with E-state index in [1.165, 1.54) is 4.68 Å². The van der Waals surface area contributed by atoms with Gasteiger partial charge in [-0.1, -0.05) is 46.3 Å². The molecule has 0 saturated carbocycles. The van der Waals surface area contributed by atoms with Crippen molar-refractivity contribution in [2.75, 3.05) is 0 Å². The molecular weight excluding hydrogens is 306 g/mol. The lowest BCUT2D eigenvalue weighted by atomic mass is 10.1. The van der Waals surface area contributed by atoms with Crippen molar-refractivity contribution in [1.29, 1.82) is 0 Å². The number of hydrogen-bond donors (Lipinski definition) is 0. The van der Waals surface area contributed by atoms with Crippen LogP contribution in [0.5, 0.6) is 0 Å². The second-order valence-electron chi connectivity index (χ2n) is 5.45. The van der Waals surface area contributed by atoms with Gasteiger partial charge in [-0.05, 0) is 25.1 Å². The highest BCUT2D eigenvalue weighted by molar-refractivity contribution is 5.76. The Balaban J connectivity index is 1.67. The fourth-order valence-corrected chi connectivity index (χ4v) is 2.48. The smallest absolute Gasteiger partial charge is 0.278 e. The number of rotatable bonds is 3. The molecule has 0 aliphatic carbocycles. The topological polar surface area (TPSA) is 86.7 Å². The average molecular weight is 319 g/mol. The Kier molecular flexibility index (Phi) is 3.38. The Morgan fingerprint density at radius 3 is 2.88 bits per heavy atom. The fraction of sp³-hybridized carbons (Fsp3) is 0.118. The monoisotopic (exact) mass is 319 g/mol. The van der Waals surface area contributed by atoms with Crippen molar-refractivity contribution < 1.29 is 4.52 Å². The van der Waals surface area contributed by atoms with Crippen LogP contribution >= 0.6 is 0 Å². The fourth-order valence-electron chi connectivity index (χ4n) is 2.48. The van der Waals surface area contributed by atoms with Gasteiger partial charge in [0.15, 0.2) is 0 Å². The summed E-state index contributed by atoms with van der Waals surface area (Å²) in [6.45, 7) is 2.07. The summed E-state index contributed by atoms with van der Waals surface area (Å²) in [5.74, 6) is 0.786. The van der Waals surface area contributed by atoms with Crippen LogP contribution in [0.15, 0.2) is 57.8 Å². The number of aryl methyl sites for hydroxylation is 1. The first-order valence-corrected chi connectivity index (χ1v) is 7.43. The maximum Gasteiger partial charge on any atom is 0.278 e. The van der Waals surface area contributed by atoms with E-state index >= 15 is 0 Å². The molecule has 0 saturated heterocycles. The van der Waals surface area contributed by atoms with E-state index in [-0.39, 0.29) is 12.1 Å². The molecule has 24 heavy (non-hydrogen) atoms. The van der Waals surface area contributed by atoms with Gasteiger partial charge >= 0.3 is 0 Å². The molecule has 0 amide bonds. The Labute approximate surface area is 136 Å². The molecular formula is C17H13N5O2. The Morgan fingerprint density at radius 1 is 1.12 bits per heavy atom. The van der Waals surface area contributed by atoms with Gasteiger partial charge in [0.05, 0.1) is 5.39 Å². The van der Waals surface area contributed by atoms with Crippen molar-refractivity contribution in [2.24, 2.45) is 0 Å². The molecule has 7 nitrogen and oxygen atoms in total. The van der Waals surface area contributed by atoms with Crippen molar-refractivity contribution >= 4 is 10.9 Å². The molecule has 118 valence electrons. The minimum atomic E-state index is -0.240. The molecule has 7 heteroatoms. The van der Waals surface area contributed by atoms with Crippen LogP contribution in [-0.4, -0.2) is 25.1 Å². The molecule has 0 unspecified atom stereocenters. The van der Waals surface area contributed by atoms with Crippen LogP contribution in [0.3, 0.4) is 0 Å². The van der Waals surface area contributed by atoms with Crippen LogP contribution in [0, 0.1) is 6.92 Å². The van der Waals surface area contributed by atoms with Crippen molar-refractivity contribution in [3.05, 3.63) is 70.3 Å². The second kappa shape index (κ2) is 5.69. The molecule has 0 spiro atoms. The molecule has 0 N–H and O–H groups in total. The van der Waals surface area contributed by atoms with Crippen LogP contribution < -0.4 is 5.56 Å². The van der Waals surface area contributed by atoms with Crippen molar-refractivity contribution in [1.82, 2.24) is 25.1 Å². The van der Waals surface area contributed by atoms with Crippen LogP contribution in [0.2, 0.25) is 0 Å². The van der Waals surface area contributed by atoms with Gasteiger partial charge in [0.2, 0.25) is 11.7 Å². The summed E-state index contributed by atoms with van der Waals surface area (Å²) in [6, 6.07) is 14.9. The quantitative estimate of drug-likeness (QED) is 0.575. The Morgan fingerprint density at radius 2 is 2.00 bits per heavy atom. The normalized spacial score (nSPS) is 11.0. The van der Waals surface area contributed by atoms with Crippen molar-refractivity contribution in [2.45, 2.75) is 13.5 Å². The van der Waals surface area contributed by atoms with E-state index in [0.29, 0.717) is 22.6 Å². The summed E-state index contributed by atoms with van der Waals surface area (Å²) in [6.07, 6.45) is 0. The van der Waals surface area contributed by atoms with E-state index in [0.717, 1.165) is 11.1 Å². The molecule has 0 radical (unpaired) electrons. The molecule has 0 bridgehead atoms. The van der Waals surface area contributed by atoms with Crippen molar-refractivity contribution in [3.63, 3.8) is 0 Å². The van der Waals surface area contributed by atoms with Crippen LogP contribution in [0.25, 0.3) is 22.3 Å². The highest BCUT2D eigenvalue weighted by Gasteiger charge is 2.12. The van der Waals surface area contributed by atoms with Gasteiger partial charge in [0, 0.05) is 5.56 Å². The van der Waals surface area contributed by atoms with Gasteiger partial charge in [0.1, 0.15) is 12.1 Å². The van der Waals surface area contributed by atoms with E-state index in [1.54, 1.807) is 18.2 Å². The summed E-state index contributed by atoms with van der Waals surface area (Å²) in [5, 5.41) is 12.4. The second-order valence-corrected chi connectivity index (χ2v) is 5.45. The lowest BCUT2D eigenvalue weighted by Gasteiger charge is -2.01. The van der Waals surface area contributed by atoms with E-state index in [2.05, 4.69) is 20.5 Å². The molecule has 2 heterocycles. The Bertz CT molecular complexity index is 1080. The summed E-state index contributed by atoms with van der Waals surface area (Å²) in [5.41, 5.74) is 2.29. The lowest BCUT2D eigenvalue weighted by Crippen LogP contribution is -2.24. The van der Waals surface area contributed by atoms with Gasteiger partial charge in [-0.25, -0.2) is 4.68 Å². The van der Waals surface area contributed by atoms with Gasteiger partial charge in [0.25, 0.3) is 5.56 Å². The highest BCUT2D eigenvalue weighted by atomic mass is 16.5. The zero-order valence-corrected chi connectivity index (χ0v) is 12.9. The number of aromatic nitrogens is 5. The maximum absolute atomic E-state index is 12.4. The van der Waals surface area contributed by atoms with Crippen LogP contribution in [0.1, 0.15) is 11.5 Å². The van der Waals surface area contributed by atoms with Crippen molar-refractivity contribution in [3.8, 4) is 11.4 Å². The molecule has 4 rings (SSSR count). The summed E-state index contributed by atoms with van der Waals surface area (Å²) >= 11 is 0. The third-order valence-electron chi connectivity index (χ3n) is 3.66. The maximum atomic E-state index is 12.4. The average Bonchev–Trinajstić information content (AvgIpc) is 3.06.